The number of ether oxygens (including phenoxy) is 3. The number of carbonyl (C=O) groups excluding carboxylic acids is 2. The van der Waals surface area contributed by atoms with E-state index in [9.17, 15) is 9.59 Å². The Kier molecular flexibility index (Phi) is 5.91. The van der Waals surface area contributed by atoms with E-state index in [0.29, 0.717) is 34.6 Å². The summed E-state index contributed by atoms with van der Waals surface area (Å²) in [6, 6.07) is 11.2. The van der Waals surface area contributed by atoms with Crippen LogP contribution in [0.3, 0.4) is 0 Å². The average Bonchev–Trinajstić information content (AvgIpc) is 3.42. The molecule has 5 rings (SSSR count). The molecule has 0 aliphatic carbocycles. The minimum atomic E-state index is -0.629. The standard InChI is InChI=1S/C24H23Cl2NO5/c25-18-3-2-16(11-19(18)26)23-17(12-22(28)32-23)24(29)27-7-5-14(6-8-27)9-15-1-4-20-21(10-15)31-13-30-20/h1-4,10-11,14,17,23H,5-9,12-13H2/t17-,23+/m0/s1. The molecular weight excluding hydrogens is 453 g/mol. The molecule has 2 aromatic rings. The predicted molar refractivity (Wildman–Crippen MR) is 119 cm³/mol. The fraction of sp³-hybridized carbons (Fsp3) is 0.417. The maximum absolute atomic E-state index is 13.3. The van der Waals surface area contributed by atoms with Gasteiger partial charge in [0.1, 0.15) is 6.10 Å². The van der Waals surface area contributed by atoms with Gasteiger partial charge in [0, 0.05) is 13.1 Å². The van der Waals surface area contributed by atoms with Crippen LogP contribution in [0.25, 0.3) is 0 Å². The van der Waals surface area contributed by atoms with Gasteiger partial charge in [0.25, 0.3) is 0 Å². The van der Waals surface area contributed by atoms with Gasteiger partial charge in [-0.05, 0) is 60.6 Å². The molecule has 0 unspecified atom stereocenters. The van der Waals surface area contributed by atoms with Crippen molar-refractivity contribution in [1.29, 1.82) is 0 Å². The summed E-state index contributed by atoms with van der Waals surface area (Å²) in [6.07, 6.45) is 2.23. The van der Waals surface area contributed by atoms with Crippen LogP contribution in [0.1, 0.15) is 36.5 Å². The number of carbonyl (C=O) groups is 2. The summed E-state index contributed by atoms with van der Waals surface area (Å²) in [5, 5.41) is 0.801. The van der Waals surface area contributed by atoms with Crippen LogP contribution in [0.5, 0.6) is 11.5 Å². The van der Waals surface area contributed by atoms with Crippen LogP contribution >= 0.6 is 23.2 Å². The molecule has 0 aromatic heterocycles. The quantitative estimate of drug-likeness (QED) is 0.593. The highest BCUT2D eigenvalue weighted by Crippen LogP contribution is 2.39. The molecule has 0 saturated carbocycles. The van der Waals surface area contributed by atoms with E-state index in [2.05, 4.69) is 6.07 Å². The monoisotopic (exact) mass is 475 g/mol. The topological polar surface area (TPSA) is 65.1 Å². The Morgan fingerprint density at radius 3 is 2.56 bits per heavy atom. The number of nitrogens with zero attached hydrogens (tertiary/aromatic N) is 1. The Hall–Kier alpha value is -2.44. The summed E-state index contributed by atoms with van der Waals surface area (Å²) >= 11 is 12.1. The smallest absolute Gasteiger partial charge is 0.307 e. The van der Waals surface area contributed by atoms with Crippen molar-refractivity contribution >= 4 is 35.1 Å². The highest BCUT2D eigenvalue weighted by Gasteiger charge is 2.43. The normalized spacial score (nSPS) is 22.8. The summed E-state index contributed by atoms with van der Waals surface area (Å²) < 4.78 is 16.3. The largest absolute Gasteiger partial charge is 0.457 e. The zero-order valence-electron chi connectivity index (χ0n) is 17.4. The zero-order chi connectivity index (χ0) is 22.2. The summed E-state index contributed by atoms with van der Waals surface area (Å²) in [6.45, 7) is 1.62. The number of fused-ring (bicyclic) bond motifs is 1. The molecule has 3 aliphatic heterocycles. The Balaban J connectivity index is 1.21. The first kappa shape index (κ1) is 21.4. The molecule has 0 bridgehead atoms. The van der Waals surface area contributed by atoms with E-state index in [-0.39, 0.29) is 25.1 Å². The van der Waals surface area contributed by atoms with Gasteiger partial charge in [-0.2, -0.15) is 0 Å². The lowest BCUT2D eigenvalue weighted by Crippen LogP contribution is -2.42. The number of cyclic esters (lactones) is 1. The average molecular weight is 476 g/mol. The van der Waals surface area contributed by atoms with Crippen LogP contribution in [-0.2, 0) is 20.7 Å². The van der Waals surface area contributed by atoms with E-state index in [1.165, 1.54) is 5.56 Å². The molecule has 1 amide bonds. The molecule has 2 aromatic carbocycles. The van der Waals surface area contributed by atoms with E-state index in [1.807, 2.05) is 17.0 Å². The molecule has 6 nitrogen and oxygen atoms in total. The van der Waals surface area contributed by atoms with Crippen molar-refractivity contribution in [2.45, 2.75) is 31.8 Å². The summed E-state index contributed by atoms with van der Waals surface area (Å²) in [7, 11) is 0. The molecule has 3 aliphatic rings. The van der Waals surface area contributed by atoms with Crippen LogP contribution in [0.2, 0.25) is 10.0 Å². The minimum absolute atomic E-state index is 0.0338. The molecule has 2 saturated heterocycles. The summed E-state index contributed by atoms with van der Waals surface area (Å²) in [5.74, 6) is 1.15. The number of hydrogen-bond donors (Lipinski definition) is 0. The summed E-state index contributed by atoms with van der Waals surface area (Å²) in [5.41, 5.74) is 1.91. The fourth-order valence-corrected chi connectivity index (χ4v) is 5.06. The highest BCUT2D eigenvalue weighted by atomic mass is 35.5. The molecular formula is C24H23Cl2NO5. The van der Waals surface area contributed by atoms with E-state index < -0.39 is 12.0 Å². The van der Waals surface area contributed by atoms with Crippen molar-refractivity contribution in [3.8, 4) is 11.5 Å². The Bertz CT molecular complexity index is 1050. The molecule has 0 N–H and O–H groups in total. The lowest BCUT2D eigenvalue weighted by atomic mass is 9.88. The molecule has 0 radical (unpaired) electrons. The molecule has 2 atom stereocenters. The SMILES string of the molecule is O=C1C[C@H](C(=O)N2CCC(Cc3ccc4c(c3)OCO4)CC2)[C@@H](c2ccc(Cl)c(Cl)c2)O1. The van der Waals surface area contributed by atoms with E-state index >= 15 is 0 Å². The number of likely N-dealkylation sites (tertiary alicyclic amines) is 1. The Labute approximate surface area is 196 Å². The van der Waals surface area contributed by atoms with Gasteiger partial charge in [-0.1, -0.05) is 35.3 Å². The second-order valence-corrected chi connectivity index (χ2v) is 9.37. The third-order valence-electron chi connectivity index (χ3n) is 6.49. The Morgan fingerprint density at radius 1 is 1.00 bits per heavy atom. The van der Waals surface area contributed by atoms with E-state index in [4.69, 9.17) is 37.4 Å². The molecule has 2 fully saturated rings. The number of rotatable bonds is 4. The third kappa shape index (κ3) is 4.26. The van der Waals surface area contributed by atoms with Gasteiger partial charge < -0.3 is 19.1 Å². The van der Waals surface area contributed by atoms with Gasteiger partial charge in [0.15, 0.2) is 11.5 Å². The molecule has 8 heteroatoms. The lowest BCUT2D eigenvalue weighted by Gasteiger charge is -2.34. The highest BCUT2D eigenvalue weighted by molar-refractivity contribution is 6.42. The van der Waals surface area contributed by atoms with Crippen molar-refractivity contribution in [1.82, 2.24) is 4.90 Å². The van der Waals surface area contributed by atoms with Crippen LogP contribution in [0.4, 0.5) is 0 Å². The number of esters is 1. The minimum Gasteiger partial charge on any atom is -0.457 e. The van der Waals surface area contributed by atoms with Crippen molar-refractivity contribution < 1.29 is 23.8 Å². The van der Waals surface area contributed by atoms with Crippen molar-refractivity contribution in [3.05, 3.63) is 57.6 Å². The van der Waals surface area contributed by atoms with E-state index in [0.717, 1.165) is 30.8 Å². The number of benzene rings is 2. The maximum Gasteiger partial charge on any atom is 0.307 e. The molecule has 32 heavy (non-hydrogen) atoms. The van der Waals surface area contributed by atoms with Gasteiger partial charge >= 0.3 is 5.97 Å². The van der Waals surface area contributed by atoms with Crippen LogP contribution in [0.15, 0.2) is 36.4 Å². The van der Waals surface area contributed by atoms with Crippen molar-refractivity contribution in [3.63, 3.8) is 0 Å². The first-order valence-corrected chi connectivity index (χ1v) is 11.6. The molecule has 168 valence electrons. The lowest BCUT2D eigenvalue weighted by molar-refractivity contribution is -0.142. The first-order valence-electron chi connectivity index (χ1n) is 10.8. The van der Waals surface area contributed by atoms with Crippen LogP contribution < -0.4 is 9.47 Å². The Morgan fingerprint density at radius 2 is 1.78 bits per heavy atom. The number of halogens is 2. The van der Waals surface area contributed by atoms with Gasteiger partial charge in [-0.15, -0.1) is 0 Å². The van der Waals surface area contributed by atoms with Crippen molar-refractivity contribution in [2.75, 3.05) is 19.9 Å². The molecule has 3 heterocycles. The van der Waals surface area contributed by atoms with Gasteiger partial charge in [0.2, 0.25) is 12.7 Å². The number of piperidine rings is 1. The van der Waals surface area contributed by atoms with Gasteiger partial charge in [-0.3, -0.25) is 9.59 Å². The van der Waals surface area contributed by atoms with E-state index in [1.54, 1.807) is 18.2 Å². The second kappa shape index (κ2) is 8.83. The predicted octanol–water partition coefficient (Wildman–Crippen LogP) is 4.81. The summed E-state index contributed by atoms with van der Waals surface area (Å²) in [4.78, 5) is 27.2. The fourth-order valence-electron chi connectivity index (χ4n) is 4.76. The third-order valence-corrected chi connectivity index (χ3v) is 7.23. The zero-order valence-corrected chi connectivity index (χ0v) is 18.9. The van der Waals surface area contributed by atoms with Gasteiger partial charge in [0.05, 0.1) is 22.4 Å². The van der Waals surface area contributed by atoms with Gasteiger partial charge in [-0.25, -0.2) is 0 Å². The number of hydrogen-bond acceptors (Lipinski definition) is 5. The molecule has 0 spiro atoms. The maximum atomic E-state index is 13.3. The second-order valence-electron chi connectivity index (χ2n) is 8.56. The number of amides is 1. The van der Waals surface area contributed by atoms with Crippen molar-refractivity contribution in [2.24, 2.45) is 11.8 Å². The first-order chi connectivity index (χ1) is 15.5. The van der Waals surface area contributed by atoms with Crippen LogP contribution in [-0.4, -0.2) is 36.7 Å². The van der Waals surface area contributed by atoms with Crippen LogP contribution in [0, 0.1) is 11.8 Å².